The minimum Gasteiger partial charge on any atom is -0.493 e. The number of likely N-dealkylation sites (N-methyl/N-ethyl adjacent to an activating group) is 1. The van der Waals surface area contributed by atoms with Crippen molar-refractivity contribution in [3.05, 3.63) is 30.5 Å². The van der Waals surface area contributed by atoms with Crippen molar-refractivity contribution in [1.82, 2.24) is 15.3 Å². The third-order valence-electron chi connectivity index (χ3n) is 7.19. The lowest BCUT2D eigenvalue weighted by atomic mass is 10.0. The van der Waals surface area contributed by atoms with E-state index < -0.39 is 23.7 Å². The smallest absolute Gasteiger partial charge is 0.408 e. The van der Waals surface area contributed by atoms with Gasteiger partial charge in [-0.05, 0) is 64.3 Å². The molecule has 1 aromatic carbocycles. The van der Waals surface area contributed by atoms with Gasteiger partial charge < -0.3 is 35.0 Å². The number of carbonyl (C=O) groups is 3. The van der Waals surface area contributed by atoms with Crippen molar-refractivity contribution >= 4 is 41.1 Å². The highest BCUT2D eigenvalue weighted by Gasteiger charge is 2.41. The van der Waals surface area contributed by atoms with E-state index in [1.807, 2.05) is 19.1 Å². The van der Waals surface area contributed by atoms with E-state index in [-0.39, 0.29) is 31.0 Å². The highest BCUT2D eigenvalue weighted by Crippen LogP contribution is 2.40. The van der Waals surface area contributed by atoms with Crippen molar-refractivity contribution < 1.29 is 29.0 Å². The molecule has 0 radical (unpaired) electrons. The summed E-state index contributed by atoms with van der Waals surface area (Å²) in [6.07, 6.45) is 6.06. The minimum atomic E-state index is -1.17. The van der Waals surface area contributed by atoms with Crippen molar-refractivity contribution in [3.63, 3.8) is 0 Å². The van der Waals surface area contributed by atoms with E-state index in [1.54, 1.807) is 51.0 Å². The highest BCUT2D eigenvalue weighted by molar-refractivity contribution is 6.04. The van der Waals surface area contributed by atoms with Crippen LogP contribution in [0.15, 0.2) is 30.5 Å². The van der Waals surface area contributed by atoms with Crippen LogP contribution >= 0.6 is 0 Å². The second-order valence-electron chi connectivity index (χ2n) is 11.4. The number of carbonyl (C=O) groups excluding carboxylic acids is 2. The van der Waals surface area contributed by atoms with Crippen LogP contribution in [0.2, 0.25) is 0 Å². The standard InChI is InChI=1S/C29H40N6O6/c1-6-22-25(36)34(5)23-17-30-27(33-24(23)35(22)19-9-7-8-10-19)31-18-11-13-20(14-12-18)40-16-15-21(26(37)38)32-28(39)41-29(2,3)4/h11-14,17,19,21-22H,6-10,15-16H2,1-5H3,(H,32,39)(H,37,38)(H,30,31,33)/t21?,22-/m1/s1. The average molecular weight is 569 g/mol. The molecule has 0 spiro atoms. The lowest BCUT2D eigenvalue weighted by Crippen LogP contribution is -2.55. The molecule has 3 N–H and O–H groups in total. The molecule has 1 unspecified atom stereocenters. The molecule has 12 heteroatoms. The maximum Gasteiger partial charge on any atom is 0.408 e. The van der Waals surface area contributed by atoms with Crippen LogP contribution in [0.4, 0.5) is 27.9 Å². The molecule has 41 heavy (non-hydrogen) atoms. The SMILES string of the molecule is CC[C@@H]1C(=O)N(C)c2cnc(Nc3ccc(OCCC(NC(=O)OC(C)(C)C)C(=O)O)cc3)nc2N1C1CCCC1. The summed E-state index contributed by atoms with van der Waals surface area (Å²) >= 11 is 0. The van der Waals surface area contributed by atoms with Gasteiger partial charge in [0.2, 0.25) is 11.9 Å². The monoisotopic (exact) mass is 568 g/mol. The first-order valence-electron chi connectivity index (χ1n) is 14.1. The van der Waals surface area contributed by atoms with Gasteiger partial charge >= 0.3 is 12.1 Å². The number of hydrogen-bond acceptors (Lipinski definition) is 9. The van der Waals surface area contributed by atoms with Gasteiger partial charge in [-0.15, -0.1) is 0 Å². The van der Waals surface area contributed by atoms with Crippen molar-refractivity contribution in [2.75, 3.05) is 28.8 Å². The minimum absolute atomic E-state index is 0.0603. The van der Waals surface area contributed by atoms with Crippen LogP contribution in [-0.4, -0.2) is 70.4 Å². The molecular formula is C29H40N6O6. The van der Waals surface area contributed by atoms with E-state index >= 15 is 0 Å². The zero-order valence-corrected chi connectivity index (χ0v) is 24.3. The third-order valence-corrected chi connectivity index (χ3v) is 7.19. The number of benzene rings is 1. The van der Waals surface area contributed by atoms with Gasteiger partial charge in [0.25, 0.3) is 0 Å². The number of hydrogen-bond donors (Lipinski definition) is 3. The number of anilines is 4. The summed E-state index contributed by atoms with van der Waals surface area (Å²) in [5, 5.41) is 15.0. The maximum atomic E-state index is 13.1. The van der Waals surface area contributed by atoms with Gasteiger partial charge in [0.05, 0.1) is 12.8 Å². The Bertz CT molecular complexity index is 1240. The van der Waals surface area contributed by atoms with Gasteiger partial charge in [-0.25, -0.2) is 14.6 Å². The zero-order chi connectivity index (χ0) is 29.7. The number of aliphatic carboxylic acids is 1. The Kier molecular flexibility index (Phi) is 9.19. The van der Waals surface area contributed by atoms with Gasteiger partial charge in [0.1, 0.15) is 29.1 Å². The number of rotatable bonds is 10. The normalized spacial score (nSPS) is 18.1. The molecule has 2 atom stereocenters. The summed E-state index contributed by atoms with van der Waals surface area (Å²) < 4.78 is 10.8. The summed E-state index contributed by atoms with van der Waals surface area (Å²) in [7, 11) is 1.78. The molecule has 1 fully saturated rings. The molecule has 1 aromatic heterocycles. The maximum absolute atomic E-state index is 13.1. The third kappa shape index (κ3) is 7.36. The Hall–Kier alpha value is -4.09. The Labute approximate surface area is 240 Å². The van der Waals surface area contributed by atoms with Crippen molar-refractivity contribution in [1.29, 1.82) is 0 Å². The number of nitrogens with one attached hydrogen (secondary N) is 2. The molecule has 0 saturated heterocycles. The Morgan fingerprint density at radius 3 is 2.46 bits per heavy atom. The number of nitrogens with zero attached hydrogens (tertiary/aromatic N) is 4. The van der Waals surface area contributed by atoms with Crippen molar-refractivity contribution in [3.8, 4) is 5.75 Å². The molecule has 0 bridgehead atoms. The molecule has 2 aliphatic rings. The number of carboxylic acids is 1. The summed E-state index contributed by atoms with van der Waals surface area (Å²) in [4.78, 5) is 49.8. The first-order valence-corrected chi connectivity index (χ1v) is 14.1. The second-order valence-corrected chi connectivity index (χ2v) is 11.4. The lowest BCUT2D eigenvalue weighted by Gasteiger charge is -2.43. The van der Waals surface area contributed by atoms with Crippen LogP contribution in [0.25, 0.3) is 0 Å². The molecule has 1 saturated carbocycles. The largest absolute Gasteiger partial charge is 0.493 e. The van der Waals surface area contributed by atoms with Gasteiger partial charge in [-0.1, -0.05) is 19.8 Å². The number of fused-ring (bicyclic) bond motifs is 1. The predicted molar refractivity (Wildman–Crippen MR) is 155 cm³/mol. The summed E-state index contributed by atoms with van der Waals surface area (Å²) in [5.74, 6) is 0.645. The zero-order valence-electron chi connectivity index (χ0n) is 24.3. The molecule has 2 amide bonds. The average Bonchev–Trinajstić information content (AvgIpc) is 3.44. The predicted octanol–water partition coefficient (Wildman–Crippen LogP) is 4.47. The van der Waals surface area contributed by atoms with Crippen molar-refractivity contribution in [2.24, 2.45) is 0 Å². The second kappa shape index (κ2) is 12.6. The number of carboxylic acid groups (broad SMARTS) is 1. The molecular weight excluding hydrogens is 528 g/mol. The van der Waals surface area contributed by atoms with Crippen LogP contribution in [0, 0.1) is 0 Å². The molecule has 2 heterocycles. The van der Waals surface area contributed by atoms with Crippen LogP contribution in [0.3, 0.4) is 0 Å². The Balaban J connectivity index is 1.39. The molecule has 1 aliphatic carbocycles. The summed E-state index contributed by atoms with van der Waals surface area (Å²) in [6, 6.07) is 6.03. The summed E-state index contributed by atoms with van der Waals surface area (Å²) in [5.41, 5.74) is 0.723. The number of amides is 2. The van der Waals surface area contributed by atoms with Gasteiger partial charge in [0, 0.05) is 25.2 Å². The highest BCUT2D eigenvalue weighted by atomic mass is 16.6. The van der Waals surface area contributed by atoms with E-state index in [1.165, 1.54) is 0 Å². The van der Waals surface area contributed by atoms with E-state index in [9.17, 15) is 19.5 Å². The topological polar surface area (TPSA) is 146 Å². The van der Waals surface area contributed by atoms with E-state index in [4.69, 9.17) is 14.5 Å². The van der Waals surface area contributed by atoms with E-state index in [0.29, 0.717) is 23.8 Å². The number of aromatic nitrogens is 2. The van der Waals surface area contributed by atoms with E-state index in [0.717, 1.165) is 37.2 Å². The fourth-order valence-corrected chi connectivity index (χ4v) is 5.21. The Morgan fingerprint density at radius 2 is 1.85 bits per heavy atom. The molecule has 4 rings (SSSR count). The van der Waals surface area contributed by atoms with Crippen LogP contribution < -0.4 is 25.2 Å². The first kappa shape index (κ1) is 29.9. The number of ether oxygens (including phenoxy) is 2. The van der Waals surface area contributed by atoms with Crippen molar-refractivity contribution in [2.45, 2.75) is 89.9 Å². The lowest BCUT2D eigenvalue weighted by molar-refractivity contribution is -0.139. The van der Waals surface area contributed by atoms with Crippen LogP contribution in [0.5, 0.6) is 5.75 Å². The van der Waals surface area contributed by atoms with Gasteiger partial charge in [-0.3, -0.25) is 4.79 Å². The first-order chi connectivity index (χ1) is 19.5. The van der Waals surface area contributed by atoms with Gasteiger partial charge in [0.15, 0.2) is 5.82 Å². The fraction of sp³-hybridized carbons (Fsp3) is 0.552. The Morgan fingerprint density at radius 1 is 1.17 bits per heavy atom. The molecule has 12 nitrogen and oxygen atoms in total. The molecule has 2 aromatic rings. The van der Waals surface area contributed by atoms with Crippen LogP contribution in [0.1, 0.15) is 66.2 Å². The molecule has 222 valence electrons. The fourth-order valence-electron chi connectivity index (χ4n) is 5.21. The van der Waals surface area contributed by atoms with Gasteiger partial charge in [-0.2, -0.15) is 4.98 Å². The van der Waals surface area contributed by atoms with E-state index in [2.05, 4.69) is 20.5 Å². The quantitative estimate of drug-likeness (QED) is 0.375. The number of alkyl carbamates (subject to hydrolysis) is 1. The van der Waals surface area contributed by atoms with Crippen LogP contribution in [-0.2, 0) is 14.3 Å². The summed E-state index contributed by atoms with van der Waals surface area (Å²) in [6.45, 7) is 7.22. The molecule has 1 aliphatic heterocycles.